The van der Waals surface area contributed by atoms with Crippen LogP contribution in [0.3, 0.4) is 0 Å². The van der Waals surface area contributed by atoms with Crippen LogP contribution in [0.5, 0.6) is 0 Å². The minimum absolute atomic E-state index is 0.490. The van der Waals surface area contributed by atoms with Crippen molar-refractivity contribution in [1.29, 1.82) is 0 Å². The summed E-state index contributed by atoms with van der Waals surface area (Å²) in [7, 11) is 0. The van der Waals surface area contributed by atoms with E-state index in [0.29, 0.717) is 5.95 Å². The van der Waals surface area contributed by atoms with Crippen LogP contribution in [-0.2, 0) is 10.8 Å². The summed E-state index contributed by atoms with van der Waals surface area (Å²) in [6.45, 7) is 0. The molecule has 2 spiro atoms. The van der Waals surface area contributed by atoms with Gasteiger partial charge in [-0.2, -0.15) is 0 Å². The zero-order valence-corrected chi connectivity index (χ0v) is 36.4. The number of aromatic nitrogens is 3. The number of hydrogen-bond donors (Lipinski definition) is 0. The second-order valence-corrected chi connectivity index (χ2v) is 18.3. The van der Waals surface area contributed by atoms with Crippen molar-refractivity contribution in [2.24, 2.45) is 0 Å². The van der Waals surface area contributed by atoms with Crippen molar-refractivity contribution in [3.8, 4) is 50.6 Å². The van der Waals surface area contributed by atoms with Crippen molar-refractivity contribution in [2.75, 3.05) is 0 Å². The Morgan fingerprint density at radius 3 is 1.34 bits per heavy atom. The number of para-hydroxylation sites is 2. The van der Waals surface area contributed by atoms with Gasteiger partial charge in [0.25, 0.3) is 0 Å². The fourth-order valence-electron chi connectivity index (χ4n) is 12.7. The zero-order valence-electron chi connectivity index (χ0n) is 36.4. The Labute approximate surface area is 388 Å². The largest absolute Gasteiger partial charge is 0.278 e. The molecule has 3 heteroatoms. The molecule has 0 saturated carbocycles. The van der Waals surface area contributed by atoms with Crippen LogP contribution in [0.4, 0.5) is 0 Å². The first-order valence-electron chi connectivity index (χ1n) is 23.2. The Kier molecular flexibility index (Phi) is 7.36. The second-order valence-electron chi connectivity index (χ2n) is 18.3. The molecule has 3 nitrogen and oxygen atoms in total. The van der Waals surface area contributed by atoms with Gasteiger partial charge in [0.15, 0.2) is 0 Å². The molecule has 0 amide bonds. The maximum atomic E-state index is 5.53. The highest BCUT2D eigenvalue weighted by molar-refractivity contribution is 6.12. The third kappa shape index (κ3) is 4.65. The molecule has 0 fully saturated rings. The second kappa shape index (κ2) is 13.4. The van der Waals surface area contributed by atoms with Gasteiger partial charge >= 0.3 is 0 Å². The van der Waals surface area contributed by atoms with Crippen LogP contribution in [0.25, 0.3) is 83.3 Å². The smallest absolute Gasteiger partial charge is 0.235 e. The minimum Gasteiger partial charge on any atom is -0.278 e. The first-order valence-corrected chi connectivity index (χ1v) is 23.2. The SMILES string of the molecule is c1ccc(-c2ccc(-c3nc(-n4c5ccccc5c5cc6c(cc54)-c4ccccc4C64c5ccccc5C5(c6ccccc6-c6ccccc65)c5ccccc54)nc4ccccc34)cc2)cc1. The predicted octanol–water partition coefficient (Wildman–Crippen LogP) is 15.1. The molecule has 10 aromatic carbocycles. The zero-order chi connectivity index (χ0) is 43.8. The lowest BCUT2D eigenvalue weighted by molar-refractivity contribution is 0.633. The average Bonchev–Trinajstić information content (AvgIpc) is 4.00. The molecule has 310 valence electrons. The Hall–Kier alpha value is -8.66. The summed E-state index contributed by atoms with van der Waals surface area (Å²) in [6.07, 6.45) is 0. The third-order valence-electron chi connectivity index (χ3n) is 15.3. The molecule has 3 aliphatic carbocycles. The van der Waals surface area contributed by atoms with E-state index in [0.717, 1.165) is 33.2 Å². The van der Waals surface area contributed by atoms with Crippen molar-refractivity contribution in [3.63, 3.8) is 0 Å². The Morgan fingerprint density at radius 2 is 0.731 bits per heavy atom. The van der Waals surface area contributed by atoms with Crippen LogP contribution in [0, 0.1) is 0 Å². The highest BCUT2D eigenvalue weighted by Crippen LogP contribution is 2.67. The van der Waals surface area contributed by atoms with Crippen molar-refractivity contribution in [2.45, 2.75) is 10.8 Å². The van der Waals surface area contributed by atoms with Crippen LogP contribution in [0.1, 0.15) is 44.5 Å². The van der Waals surface area contributed by atoms with Gasteiger partial charge in [-0.15, -0.1) is 0 Å². The standard InChI is InChI=1S/C64H39N3/c1-2-18-40(19-3-1)41-34-36-42(37-35-41)61-47-24-7-16-32-58(47)65-62(66-61)67-59-33-17-8-23-46(59)49-38-57-48(39-60(49)67)45-22-6-11-27-52(45)64(57)55-30-14-12-28-53(55)63(54-29-13-15-31-56(54)64)50-25-9-4-20-43(50)44-21-5-10-26-51(44)63/h1-39H. The van der Waals surface area contributed by atoms with Gasteiger partial charge in [-0.3, -0.25) is 4.57 Å². The van der Waals surface area contributed by atoms with E-state index in [2.05, 4.69) is 241 Å². The predicted molar refractivity (Wildman–Crippen MR) is 273 cm³/mol. The lowest BCUT2D eigenvalue weighted by atomic mass is 9.52. The molecule has 0 N–H and O–H groups in total. The normalized spacial score (nSPS) is 14.2. The van der Waals surface area contributed by atoms with E-state index in [9.17, 15) is 0 Å². The van der Waals surface area contributed by atoms with Gasteiger partial charge in [0.2, 0.25) is 5.95 Å². The maximum absolute atomic E-state index is 5.53. The lowest BCUT2D eigenvalue weighted by Gasteiger charge is -2.48. The molecule has 12 aromatic rings. The Morgan fingerprint density at radius 1 is 0.284 bits per heavy atom. The third-order valence-corrected chi connectivity index (χ3v) is 15.3. The summed E-state index contributed by atoms with van der Waals surface area (Å²) in [5.74, 6) is 0.654. The molecular formula is C64H39N3. The summed E-state index contributed by atoms with van der Waals surface area (Å²) in [5, 5.41) is 3.37. The van der Waals surface area contributed by atoms with E-state index in [4.69, 9.17) is 9.97 Å². The van der Waals surface area contributed by atoms with Crippen molar-refractivity contribution in [3.05, 3.63) is 281 Å². The summed E-state index contributed by atoms with van der Waals surface area (Å²) < 4.78 is 2.30. The fraction of sp³-hybridized carbons (Fsp3) is 0.0312. The summed E-state index contributed by atoms with van der Waals surface area (Å²) >= 11 is 0. The molecule has 0 radical (unpaired) electrons. The number of nitrogens with zero attached hydrogens (tertiary/aromatic N) is 3. The molecular weight excluding hydrogens is 811 g/mol. The maximum Gasteiger partial charge on any atom is 0.235 e. The van der Waals surface area contributed by atoms with E-state index in [1.807, 2.05) is 0 Å². The van der Waals surface area contributed by atoms with Gasteiger partial charge in [0.1, 0.15) is 0 Å². The number of hydrogen-bond acceptors (Lipinski definition) is 2. The van der Waals surface area contributed by atoms with Crippen LogP contribution in [0.2, 0.25) is 0 Å². The number of benzene rings is 10. The fourth-order valence-corrected chi connectivity index (χ4v) is 12.7. The lowest BCUT2D eigenvalue weighted by Crippen LogP contribution is -2.43. The van der Waals surface area contributed by atoms with Gasteiger partial charge in [-0.05, 0) is 102 Å². The van der Waals surface area contributed by atoms with Crippen molar-refractivity contribution >= 4 is 32.7 Å². The minimum atomic E-state index is -0.591. The van der Waals surface area contributed by atoms with Crippen molar-refractivity contribution < 1.29 is 0 Å². The van der Waals surface area contributed by atoms with E-state index >= 15 is 0 Å². The van der Waals surface area contributed by atoms with E-state index in [-0.39, 0.29) is 0 Å². The summed E-state index contributed by atoms with van der Waals surface area (Å²) in [4.78, 5) is 10.9. The Balaban J connectivity index is 1.01. The van der Waals surface area contributed by atoms with Gasteiger partial charge in [0, 0.05) is 21.7 Å². The van der Waals surface area contributed by atoms with Crippen LogP contribution in [-0.4, -0.2) is 14.5 Å². The van der Waals surface area contributed by atoms with Gasteiger partial charge in [0.05, 0.1) is 33.1 Å². The van der Waals surface area contributed by atoms with Crippen LogP contribution in [0.15, 0.2) is 237 Å². The van der Waals surface area contributed by atoms with Crippen LogP contribution < -0.4 is 0 Å². The van der Waals surface area contributed by atoms with Crippen LogP contribution >= 0.6 is 0 Å². The molecule has 2 heterocycles. The van der Waals surface area contributed by atoms with Crippen molar-refractivity contribution in [1.82, 2.24) is 14.5 Å². The summed E-state index contributed by atoms with van der Waals surface area (Å²) in [6, 6.07) is 87.5. The molecule has 3 aliphatic rings. The molecule has 0 atom stereocenters. The topological polar surface area (TPSA) is 30.7 Å². The molecule has 0 unspecified atom stereocenters. The van der Waals surface area contributed by atoms with Gasteiger partial charge < -0.3 is 0 Å². The van der Waals surface area contributed by atoms with E-state index in [1.54, 1.807) is 0 Å². The van der Waals surface area contributed by atoms with E-state index < -0.39 is 10.8 Å². The number of fused-ring (bicyclic) bond motifs is 20. The Bertz CT molecular complexity index is 3950. The molecule has 0 saturated heterocycles. The number of rotatable bonds is 3. The van der Waals surface area contributed by atoms with Gasteiger partial charge in [-0.25, -0.2) is 9.97 Å². The summed E-state index contributed by atoms with van der Waals surface area (Å²) in [5.41, 5.74) is 22.1. The first-order chi connectivity index (χ1) is 33.2. The first kappa shape index (κ1) is 36.7. The molecule has 0 aliphatic heterocycles. The highest BCUT2D eigenvalue weighted by atomic mass is 15.2. The highest BCUT2D eigenvalue weighted by Gasteiger charge is 2.59. The quantitative estimate of drug-likeness (QED) is 0.177. The molecule has 0 bridgehead atoms. The average molecular weight is 850 g/mol. The monoisotopic (exact) mass is 849 g/mol. The molecule has 15 rings (SSSR count). The molecule has 67 heavy (non-hydrogen) atoms. The molecule has 2 aromatic heterocycles. The van der Waals surface area contributed by atoms with E-state index in [1.165, 1.54) is 88.7 Å². The van der Waals surface area contributed by atoms with Gasteiger partial charge in [-0.1, -0.05) is 212 Å².